The van der Waals surface area contributed by atoms with E-state index in [1.54, 1.807) is 0 Å². The van der Waals surface area contributed by atoms with Gasteiger partial charge in [0.05, 0.1) is 0 Å². The van der Waals surface area contributed by atoms with Crippen LogP contribution in [0.1, 0.15) is 35.0 Å². The third-order valence-corrected chi connectivity index (χ3v) is 7.03. The standard InChI is InChI=1S/C15H20N2OS2/c18-15(14-12-4-7-19-13(12)5-8-20-14)17-10-1-2-11(17)9-16-6-3-10/h4,7,10-11,14,16H,1-3,5-6,8-9H2. The molecule has 0 aliphatic carbocycles. The van der Waals surface area contributed by atoms with Gasteiger partial charge in [0.2, 0.25) is 5.91 Å². The second kappa shape index (κ2) is 5.35. The van der Waals surface area contributed by atoms with Crippen LogP contribution in [0.5, 0.6) is 0 Å². The number of thiophene rings is 1. The molecule has 0 radical (unpaired) electrons. The number of amides is 1. The fourth-order valence-electron chi connectivity index (χ4n) is 3.83. The molecule has 108 valence electrons. The van der Waals surface area contributed by atoms with Crippen molar-refractivity contribution in [1.82, 2.24) is 10.2 Å². The molecule has 4 heterocycles. The van der Waals surface area contributed by atoms with Crippen molar-refractivity contribution in [3.8, 4) is 0 Å². The van der Waals surface area contributed by atoms with Crippen LogP contribution >= 0.6 is 23.1 Å². The Morgan fingerprint density at radius 2 is 2.20 bits per heavy atom. The molecule has 0 saturated carbocycles. The van der Waals surface area contributed by atoms with Gasteiger partial charge in [-0.15, -0.1) is 23.1 Å². The molecular formula is C15H20N2OS2. The van der Waals surface area contributed by atoms with E-state index in [1.165, 1.54) is 23.3 Å². The number of hydrogen-bond donors (Lipinski definition) is 1. The number of rotatable bonds is 1. The number of aryl methyl sites for hydroxylation is 1. The quantitative estimate of drug-likeness (QED) is 0.865. The highest BCUT2D eigenvalue weighted by Crippen LogP contribution is 2.42. The lowest BCUT2D eigenvalue weighted by molar-refractivity contribution is -0.133. The van der Waals surface area contributed by atoms with Gasteiger partial charge in [0.15, 0.2) is 0 Å². The molecule has 0 spiro atoms. The van der Waals surface area contributed by atoms with Crippen LogP contribution in [0.3, 0.4) is 0 Å². The average Bonchev–Trinajstić information content (AvgIpc) is 3.01. The Hall–Kier alpha value is -0.520. The first-order valence-electron chi connectivity index (χ1n) is 7.55. The summed E-state index contributed by atoms with van der Waals surface area (Å²) in [5.74, 6) is 1.47. The molecule has 4 rings (SSSR count). The van der Waals surface area contributed by atoms with Gasteiger partial charge < -0.3 is 10.2 Å². The SMILES string of the molecule is O=C(C1SCCc2sccc21)N1C2CCNCC1CC2. The van der Waals surface area contributed by atoms with E-state index in [1.807, 2.05) is 23.1 Å². The molecule has 2 saturated heterocycles. The topological polar surface area (TPSA) is 32.3 Å². The first-order valence-corrected chi connectivity index (χ1v) is 9.48. The lowest BCUT2D eigenvalue weighted by Crippen LogP contribution is -2.44. The third kappa shape index (κ3) is 2.11. The Labute approximate surface area is 128 Å². The summed E-state index contributed by atoms with van der Waals surface area (Å²) in [5, 5.41) is 5.69. The molecule has 20 heavy (non-hydrogen) atoms. The van der Waals surface area contributed by atoms with Gasteiger partial charge in [0, 0.05) is 23.5 Å². The molecule has 1 aromatic rings. The van der Waals surface area contributed by atoms with Crippen LogP contribution in [-0.2, 0) is 11.2 Å². The summed E-state index contributed by atoms with van der Waals surface area (Å²) in [7, 11) is 0. The van der Waals surface area contributed by atoms with E-state index in [0.717, 1.165) is 31.7 Å². The highest BCUT2D eigenvalue weighted by molar-refractivity contribution is 8.00. The first kappa shape index (κ1) is 13.2. The van der Waals surface area contributed by atoms with Crippen LogP contribution in [-0.4, -0.2) is 41.7 Å². The minimum Gasteiger partial charge on any atom is -0.334 e. The monoisotopic (exact) mass is 308 g/mol. The summed E-state index contributed by atoms with van der Waals surface area (Å²) in [4.78, 5) is 16.8. The maximum absolute atomic E-state index is 13.1. The molecule has 0 aromatic carbocycles. The fraction of sp³-hybridized carbons (Fsp3) is 0.667. The Morgan fingerprint density at radius 3 is 3.15 bits per heavy atom. The Morgan fingerprint density at radius 1 is 1.30 bits per heavy atom. The maximum atomic E-state index is 13.1. The summed E-state index contributed by atoms with van der Waals surface area (Å²) in [6, 6.07) is 3.08. The van der Waals surface area contributed by atoms with Gasteiger partial charge in [-0.05, 0) is 55.0 Å². The summed E-state index contributed by atoms with van der Waals surface area (Å²) in [6.07, 6.45) is 4.63. The number of carbonyl (C=O) groups is 1. The van der Waals surface area contributed by atoms with Crippen molar-refractivity contribution in [2.24, 2.45) is 0 Å². The third-order valence-electron chi connectivity index (χ3n) is 4.81. The van der Waals surface area contributed by atoms with E-state index in [4.69, 9.17) is 0 Å². The molecule has 3 nitrogen and oxygen atoms in total. The van der Waals surface area contributed by atoms with Gasteiger partial charge in [-0.25, -0.2) is 0 Å². The van der Waals surface area contributed by atoms with E-state index in [-0.39, 0.29) is 5.25 Å². The van der Waals surface area contributed by atoms with Crippen molar-refractivity contribution < 1.29 is 4.79 Å². The van der Waals surface area contributed by atoms with Gasteiger partial charge >= 0.3 is 0 Å². The van der Waals surface area contributed by atoms with Crippen molar-refractivity contribution in [3.05, 3.63) is 21.9 Å². The zero-order valence-electron chi connectivity index (χ0n) is 11.5. The lowest BCUT2D eigenvalue weighted by atomic mass is 10.1. The summed E-state index contributed by atoms with van der Waals surface area (Å²) < 4.78 is 0. The number of thioether (sulfide) groups is 1. The molecule has 1 aromatic heterocycles. The molecule has 2 fully saturated rings. The van der Waals surface area contributed by atoms with Crippen LogP contribution in [0.25, 0.3) is 0 Å². The van der Waals surface area contributed by atoms with Gasteiger partial charge in [-0.1, -0.05) is 0 Å². The molecule has 2 bridgehead atoms. The number of nitrogens with zero attached hydrogens (tertiary/aromatic N) is 1. The van der Waals surface area contributed by atoms with Gasteiger partial charge in [-0.3, -0.25) is 4.79 Å². The minimum atomic E-state index is 0.0613. The zero-order valence-corrected chi connectivity index (χ0v) is 13.1. The van der Waals surface area contributed by atoms with Crippen molar-refractivity contribution in [2.75, 3.05) is 18.8 Å². The van der Waals surface area contributed by atoms with E-state index in [2.05, 4.69) is 21.7 Å². The summed E-state index contributed by atoms with van der Waals surface area (Å²) in [6.45, 7) is 2.04. The summed E-state index contributed by atoms with van der Waals surface area (Å²) >= 11 is 3.66. The molecule has 3 unspecified atom stereocenters. The predicted molar refractivity (Wildman–Crippen MR) is 84.4 cm³/mol. The van der Waals surface area contributed by atoms with E-state index < -0.39 is 0 Å². The Bertz CT molecular complexity index is 502. The predicted octanol–water partition coefficient (Wildman–Crippen LogP) is 2.43. The fourth-order valence-corrected chi connectivity index (χ4v) is 6.18. The normalized spacial score (nSPS) is 32.8. The van der Waals surface area contributed by atoms with Crippen LogP contribution in [0, 0.1) is 0 Å². The zero-order chi connectivity index (χ0) is 13.5. The highest BCUT2D eigenvalue weighted by Gasteiger charge is 2.42. The Balaban J connectivity index is 1.62. The lowest BCUT2D eigenvalue weighted by Gasteiger charge is -2.33. The van der Waals surface area contributed by atoms with Crippen molar-refractivity contribution >= 4 is 29.0 Å². The smallest absolute Gasteiger partial charge is 0.240 e. The molecule has 1 N–H and O–H groups in total. The second-order valence-corrected chi connectivity index (χ2v) is 8.14. The van der Waals surface area contributed by atoms with E-state index in [0.29, 0.717) is 18.0 Å². The second-order valence-electron chi connectivity index (χ2n) is 5.92. The van der Waals surface area contributed by atoms with Crippen molar-refractivity contribution in [2.45, 2.75) is 43.0 Å². The Kier molecular flexibility index (Phi) is 3.52. The van der Waals surface area contributed by atoms with Gasteiger partial charge in [0.1, 0.15) is 5.25 Å². The number of hydrogen-bond acceptors (Lipinski definition) is 4. The van der Waals surface area contributed by atoms with Crippen molar-refractivity contribution in [3.63, 3.8) is 0 Å². The highest BCUT2D eigenvalue weighted by atomic mass is 32.2. The van der Waals surface area contributed by atoms with Crippen LogP contribution in [0.4, 0.5) is 0 Å². The number of fused-ring (bicyclic) bond motifs is 3. The van der Waals surface area contributed by atoms with E-state index >= 15 is 0 Å². The number of nitrogens with one attached hydrogen (secondary N) is 1. The maximum Gasteiger partial charge on any atom is 0.240 e. The summed E-state index contributed by atoms with van der Waals surface area (Å²) in [5.41, 5.74) is 1.30. The molecule has 3 aliphatic heterocycles. The first-order chi connectivity index (χ1) is 9.84. The van der Waals surface area contributed by atoms with Gasteiger partial charge in [-0.2, -0.15) is 0 Å². The molecule has 3 atom stereocenters. The average molecular weight is 308 g/mol. The largest absolute Gasteiger partial charge is 0.334 e. The van der Waals surface area contributed by atoms with Crippen LogP contribution in [0.15, 0.2) is 11.4 Å². The van der Waals surface area contributed by atoms with E-state index in [9.17, 15) is 4.79 Å². The van der Waals surface area contributed by atoms with Crippen LogP contribution < -0.4 is 5.32 Å². The van der Waals surface area contributed by atoms with Gasteiger partial charge in [0.25, 0.3) is 0 Å². The minimum absolute atomic E-state index is 0.0613. The molecule has 3 aliphatic rings. The number of carbonyl (C=O) groups excluding carboxylic acids is 1. The molecule has 1 amide bonds. The van der Waals surface area contributed by atoms with Crippen molar-refractivity contribution in [1.29, 1.82) is 0 Å². The molecular weight excluding hydrogens is 288 g/mol. The van der Waals surface area contributed by atoms with Crippen LogP contribution in [0.2, 0.25) is 0 Å². The molecule has 5 heteroatoms.